The van der Waals surface area contributed by atoms with Crippen LogP contribution in [0.5, 0.6) is 0 Å². The van der Waals surface area contributed by atoms with Crippen molar-refractivity contribution >= 4 is 17.7 Å². The van der Waals surface area contributed by atoms with Gasteiger partial charge in [0.2, 0.25) is 0 Å². The lowest BCUT2D eigenvalue weighted by molar-refractivity contribution is -0.0513. The Morgan fingerprint density at radius 1 is 1.33 bits per heavy atom. The summed E-state index contributed by atoms with van der Waals surface area (Å²) in [5.41, 5.74) is 2.39. The van der Waals surface area contributed by atoms with Crippen molar-refractivity contribution < 1.29 is 19.0 Å². The first-order valence-electron chi connectivity index (χ1n) is 9.95. The molecule has 27 heavy (non-hydrogen) atoms. The van der Waals surface area contributed by atoms with Gasteiger partial charge in [-0.25, -0.2) is 4.79 Å². The van der Waals surface area contributed by atoms with Gasteiger partial charge < -0.3 is 19.5 Å². The summed E-state index contributed by atoms with van der Waals surface area (Å²) < 4.78 is 16.4. The van der Waals surface area contributed by atoms with Crippen LogP contribution in [-0.2, 0) is 26.0 Å². The van der Waals surface area contributed by atoms with Crippen LogP contribution in [-0.4, -0.2) is 38.2 Å². The van der Waals surface area contributed by atoms with Crippen molar-refractivity contribution in [3.63, 3.8) is 0 Å². The van der Waals surface area contributed by atoms with Gasteiger partial charge in [0.1, 0.15) is 0 Å². The first-order valence-corrected chi connectivity index (χ1v) is 10.3. The monoisotopic (exact) mass is 397 g/mol. The highest BCUT2D eigenvalue weighted by Crippen LogP contribution is 2.43. The Labute approximate surface area is 167 Å². The second-order valence-electron chi connectivity index (χ2n) is 7.10. The number of rotatable bonds is 6. The number of aryl methyl sites for hydroxylation is 1. The summed E-state index contributed by atoms with van der Waals surface area (Å²) in [6.45, 7) is 9.54. The maximum Gasteiger partial charge on any atom is 0.407 e. The summed E-state index contributed by atoms with van der Waals surface area (Å²) in [6.07, 6.45) is 2.98. The molecule has 0 aromatic heterocycles. The van der Waals surface area contributed by atoms with E-state index in [1.807, 2.05) is 39.8 Å². The molecule has 1 aromatic carbocycles. The van der Waals surface area contributed by atoms with Gasteiger partial charge in [0.05, 0.1) is 19.3 Å². The van der Waals surface area contributed by atoms with E-state index in [4.69, 9.17) is 25.8 Å². The Kier molecular flexibility index (Phi) is 8.39. The standard InChI is InChI=1S/C19H26ClNO4.C2H6/c1-13(2)25-18(22)21-12-19(8-6-17-23-9-10-24-17)7-5-14-11-15(20)3-4-16(14)19;1-2/h3-4,11,13,17H,5-10,12H2,1-2H3,(H,21,22);1-2H3. The lowest BCUT2D eigenvalue weighted by Crippen LogP contribution is -2.41. The largest absolute Gasteiger partial charge is 0.447 e. The number of hydrogen-bond acceptors (Lipinski definition) is 4. The summed E-state index contributed by atoms with van der Waals surface area (Å²) in [4.78, 5) is 12.0. The summed E-state index contributed by atoms with van der Waals surface area (Å²) in [5, 5.41) is 3.71. The minimum Gasteiger partial charge on any atom is -0.447 e. The van der Waals surface area contributed by atoms with E-state index in [1.54, 1.807) is 0 Å². The Hall–Kier alpha value is -1.30. The van der Waals surface area contributed by atoms with Crippen molar-refractivity contribution in [2.45, 2.75) is 71.2 Å². The smallest absolute Gasteiger partial charge is 0.407 e. The lowest BCUT2D eigenvalue weighted by atomic mass is 9.77. The van der Waals surface area contributed by atoms with Crippen molar-refractivity contribution in [3.8, 4) is 0 Å². The molecule has 0 bridgehead atoms. The number of ether oxygens (including phenoxy) is 3. The van der Waals surface area contributed by atoms with Crippen molar-refractivity contribution in [1.82, 2.24) is 5.32 Å². The number of nitrogens with one attached hydrogen (secondary N) is 1. The number of halogens is 1. The van der Waals surface area contributed by atoms with Crippen LogP contribution < -0.4 is 5.32 Å². The minimum atomic E-state index is -0.370. The summed E-state index contributed by atoms with van der Waals surface area (Å²) in [7, 11) is 0. The molecule has 1 aliphatic heterocycles. The quantitative estimate of drug-likeness (QED) is 0.746. The molecule has 1 fully saturated rings. The number of hydrogen-bond donors (Lipinski definition) is 1. The first kappa shape index (κ1) is 22.0. The van der Waals surface area contributed by atoms with E-state index in [0.717, 1.165) is 30.7 Å². The van der Waals surface area contributed by atoms with Gasteiger partial charge in [0, 0.05) is 17.0 Å². The molecule has 1 saturated heterocycles. The van der Waals surface area contributed by atoms with Gasteiger partial charge in [-0.3, -0.25) is 0 Å². The molecule has 152 valence electrons. The number of alkyl carbamates (subject to hydrolysis) is 1. The second kappa shape index (κ2) is 10.3. The van der Waals surface area contributed by atoms with Gasteiger partial charge in [0.25, 0.3) is 0 Å². The summed E-state index contributed by atoms with van der Waals surface area (Å²) in [5.74, 6) is 0. The van der Waals surface area contributed by atoms with E-state index in [-0.39, 0.29) is 23.9 Å². The van der Waals surface area contributed by atoms with Crippen LogP contribution in [0.2, 0.25) is 5.02 Å². The number of benzene rings is 1. The van der Waals surface area contributed by atoms with Gasteiger partial charge in [-0.1, -0.05) is 31.5 Å². The Morgan fingerprint density at radius 3 is 2.70 bits per heavy atom. The van der Waals surface area contributed by atoms with Crippen LogP contribution in [0.1, 0.15) is 58.1 Å². The van der Waals surface area contributed by atoms with Crippen molar-refractivity contribution in [3.05, 3.63) is 34.3 Å². The Balaban J connectivity index is 0.00000126. The SMILES string of the molecule is CC.CC(C)OC(=O)NCC1(CCC2OCCO2)CCc2cc(Cl)ccc21. The average Bonchev–Trinajstić information content (AvgIpc) is 3.28. The highest BCUT2D eigenvalue weighted by molar-refractivity contribution is 6.30. The highest BCUT2D eigenvalue weighted by atomic mass is 35.5. The van der Waals surface area contributed by atoms with Crippen LogP contribution in [0, 0.1) is 0 Å². The molecule has 1 amide bonds. The number of carbonyl (C=O) groups excluding carboxylic acids is 1. The lowest BCUT2D eigenvalue weighted by Gasteiger charge is -2.31. The molecule has 1 aliphatic carbocycles. The molecule has 1 aromatic rings. The maximum absolute atomic E-state index is 12.0. The fourth-order valence-corrected chi connectivity index (χ4v) is 3.99. The van der Waals surface area contributed by atoms with E-state index in [1.165, 1.54) is 11.1 Å². The van der Waals surface area contributed by atoms with Gasteiger partial charge in [-0.15, -0.1) is 0 Å². The summed E-state index contributed by atoms with van der Waals surface area (Å²) >= 11 is 6.15. The molecule has 1 N–H and O–H groups in total. The number of fused-ring (bicyclic) bond motifs is 1. The van der Waals surface area contributed by atoms with Crippen LogP contribution >= 0.6 is 11.6 Å². The van der Waals surface area contributed by atoms with Gasteiger partial charge in [-0.2, -0.15) is 0 Å². The predicted octanol–water partition coefficient (Wildman–Crippen LogP) is 4.84. The zero-order valence-corrected chi connectivity index (χ0v) is 17.6. The molecule has 0 spiro atoms. The Bertz CT molecular complexity index is 616. The third-order valence-electron chi connectivity index (χ3n) is 4.97. The molecule has 0 radical (unpaired) electrons. The molecule has 1 atom stereocenters. The summed E-state index contributed by atoms with van der Waals surface area (Å²) in [6, 6.07) is 6.06. The first-order chi connectivity index (χ1) is 13.0. The highest BCUT2D eigenvalue weighted by Gasteiger charge is 2.39. The van der Waals surface area contributed by atoms with Crippen molar-refractivity contribution in [2.24, 2.45) is 0 Å². The topological polar surface area (TPSA) is 56.8 Å². The number of amides is 1. The number of carbonyl (C=O) groups is 1. The van der Waals surface area contributed by atoms with Crippen LogP contribution in [0.4, 0.5) is 4.79 Å². The molecule has 1 heterocycles. The normalized spacial score (nSPS) is 21.6. The molecule has 2 aliphatic rings. The minimum absolute atomic E-state index is 0.133. The van der Waals surface area contributed by atoms with Gasteiger partial charge >= 0.3 is 6.09 Å². The van der Waals surface area contributed by atoms with Crippen molar-refractivity contribution in [2.75, 3.05) is 19.8 Å². The second-order valence-corrected chi connectivity index (χ2v) is 7.54. The van der Waals surface area contributed by atoms with Crippen LogP contribution in [0.3, 0.4) is 0 Å². The fourth-order valence-electron chi connectivity index (χ4n) is 3.79. The zero-order chi connectivity index (χ0) is 19.9. The molecule has 5 nitrogen and oxygen atoms in total. The molecule has 0 saturated carbocycles. The van der Waals surface area contributed by atoms with Gasteiger partial charge in [-0.05, 0) is 62.8 Å². The van der Waals surface area contributed by atoms with E-state index in [9.17, 15) is 4.79 Å². The fraction of sp³-hybridized carbons (Fsp3) is 0.667. The third-order valence-corrected chi connectivity index (χ3v) is 5.21. The molecule has 3 rings (SSSR count). The molecule has 6 heteroatoms. The van der Waals surface area contributed by atoms with Crippen LogP contribution in [0.15, 0.2) is 18.2 Å². The zero-order valence-electron chi connectivity index (χ0n) is 16.8. The van der Waals surface area contributed by atoms with E-state index in [2.05, 4.69) is 11.4 Å². The van der Waals surface area contributed by atoms with E-state index in [0.29, 0.717) is 19.8 Å². The van der Waals surface area contributed by atoms with E-state index < -0.39 is 0 Å². The Morgan fingerprint density at radius 2 is 2.04 bits per heavy atom. The van der Waals surface area contributed by atoms with E-state index >= 15 is 0 Å². The molecular formula is C21H32ClNO4. The maximum atomic E-state index is 12.0. The third kappa shape index (κ3) is 5.84. The molecule has 1 unspecified atom stereocenters. The van der Waals surface area contributed by atoms with Crippen molar-refractivity contribution in [1.29, 1.82) is 0 Å². The molecular weight excluding hydrogens is 366 g/mol. The van der Waals surface area contributed by atoms with Gasteiger partial charge in [0.15, 0.2) is 6.29 Å². The average molecular weight is 398 g/mol. The predicted molar refractivity (Wildman–Crippen MR) is 107 cm³/mol. The van der Waals surface area contributed by atoms with Crippen LogP contribution in [0.25, 0.3) is 0 Å².